The number of hydrogen-bond donors (Lipinski definition) is 1. The molecule has 0 atom stereocenters. The fourth-order valence-electron chi connectivity index (χ4n) is 3.44. The van der Waals surface area contributed by atoms with Gasteiger partial charge in [0.2, 0.25) is 15.9 Å². The Bertz CT molecular complexity index is 970. The van der Waals surface area contributed by atoms with Gasteiger partial charge in [-0.1, -0.05) is 50.6 Å². The largest absolute Gasteiger partial charge is 0.325 e. The van der Waals surface area contributed by atoms with Crippen LogP contribution in [-0.4, -0.2) is 56.3 Å². The molecule has 1 aliphatic rings. The number of carbonyl (C=O) groups is 1. The molecule has 0 unspecified atom stereocenters. The van der Waals surface area contributed by atoms with E-state index >= 15 is 0 Å². The Kier molecular flexibility index (Phi) is 6.65. The number of sulfonamides is 1. The van der Waals surface area contributed by atoms with E-state index in [2.05, 4.69) is 26.1 Å². The minimum atomic E-state index is -3.52. The molecule has 1 heterocycles. The summed E-state index contributed by atoms with van der Waals surface area (Å²) in [5, 5.41) is 2.89. The molecule has 0 spiro atoms. The molecule has 0 aromatic heterocycles. The van der Waals surface area contributed by atoms with Crippen LogP contribution in [0.4, 0.5) is 5.69 Å². The van der Waals surface area contributed by atoms with Crippen molar-refractivity contribution < 1.29 is 13.2 Å². The second-order valence-corrected chi connectivity index (χ2v) is 10.8. The van der Waals surface area contributed by atoms with Crippen LogP contribution in [0.3, 0.4) is 0 Å². The zero-order valence-corrected chi connectivity index (χ0v) is 19.0. The van der Waals surface area contributed by atoms with E-state index in [9.17, 15) is 13.2 Å². The maximum absolute atomic E-state index is 13.0. The Morgan fingerprint density at radius 2 is 1.50 bits per heavy atom. The molecule has 1 fully saturated rings. The second-order valence-electron chi connectivity index (χ2n) is 8.87. The van der Waals surface area contributed by atoms with E-state index in [0.717, 1.165) is 16.8 Å². The summed E-state index contributed by atoms with van der Waals surface area (Å²) in [5.74, 6) is -0.0899. The molecule has 0 radical (unpaired) electrons. The monoisotopic (exact) mass is 429 g/mol. The first-order valence-electron chi connectivity index (χ1n) is 10.3. The molecule has 1 saturated heterocycles. The lowest BCUT2D eigenvalue weighted by Crippen LogP contribution is -2.50. The molecule has 7 heteroatoms. The van der Waals surface area contributed by atoms with Gasteiger partial charge in [-0.25, -0.2) is 8.42 Å². The molecule has 2 aromatic carbocycles. The van der Waals surface area contributed by atoms with E-state index in [1.807, 2.05) is 48.2 Å². The third-order valence-electron chi connectivity index (χ3n) is 5.39. The SMILES string of the molecule is Cc1ccc(NC(=O)CN2CCN(S(=O)(=O)c3ccc(C(C)(C)C)cc3)CC2)cc1. The second kappa shape index (κ2) is 8.88. The van der Waals surface area contributed by atoms with Crippen molar-refractivity contribution in [3.05, 3.63) is 59.7 Å². The Hall–Kier alpha value is -2.22. The Morgan fingerprint density at radius 1 is 0.933 bits per heavy atom. The number of nitrogens with zero attached hydrogens (tertiary/aromatic N) is 2. The number of hydrogen-bond acceptors (Lipinski definition) is 4. The minimum absolute atomic E-state index is 0.0208. The highest BCUT2D eigenvalue weighted by atomic mass is 32.2. The highest BCUT2D eigenvalue weighted by Crippen LogP contribution is 2.25. The van der Waals surface area contributed by atoms with Crippen molar-refractivity contribution in [2.45, 2.75) is 38.0 Å². The van der Waals surface area contributed by atoms with Crippen LogP contribution in [0.2, 0.25) is 0 Å². The fraction of sp³-hybridized carbons (Fsp3) is 0.435. The Morgan fingerprint density at radius 3 is 2.03 bits per heavy atom. The average molecular weight is 430 g/mol. The standard InChI is InChI=1S/C23H31N3O3S/c1-18-5-9-20(10-6-18)24-22(27)17-25-13-15-26(16-14-25)30(28,29)21-11-7-19(8-12-21)23(2,3)4/h5-12H,13-17H2,1-4H3,(H,24,27). The Balaban J connectivity index is 1.55. The molecule has 2 aromatic rings. The van der Waals surface area contributed by atoms with E-state index in [0.29, 0.717) is 31.1 Å². The van der Waals surface area contributed by atoms with E-state index in [1.54, 1.807) is 12.1 Å². The van der Waals surface area contributed by atoms with Crippen LogP contribution < -0.4 is 5.32 Å². The smallest absolute Gasteiger partial charge is 0.243 e. The van der Waals surface area contributed by atoms with Crippen molar-refractivity contribution in [2.24, 2.45) is 0 Å². The summed E-state index contributed by atoms with van der Waals surface area (Å²) < 4.78 is 27.5. The summed E-state index contributed by atoms with van der Waals surface area (Å²) in [6, 6.07) is 14.8. The van der Waals surface area contributed by atoms with Crippen molar-refractivity contribution in [1.29, 1.82) is 0 Å². The molecular formula is C23H31N3O3S. The molecule has 0 aliphatic carbocycles. The molecule has 1 aliphatic heterocycles. The van der Waals surface area contributed by atoms with Crippen molar-refractivity contribution in [3.63, 3.8) is 0 Å². The highest BCUT2D eigenvalue weighted by Gasteiger charge is 2.29. The lowest BCUT2D eigenvalue weighted by Gasteiger charge is -2.33. The van der Waals surface area contributed by atoms with Crippen LogP contribution >= 0.6 is 0 Å². The summed E-state index contributed by atoms with van der Waals surface area (Å²) in [6.45, 7) is 10.4. The average Bonchev–Trinajstić information content (AvgIpc) is 2.69. The molecule has 6 nitrogen and oxygen atoms in total. The number of piperazine rings is 1. The highest BCUT2D eigenvalue weighted by molar-refractivity contribution is 7.89. The summed E-state index contributed by atoms with van der Waals surface area (Å²) >= 11 is 0. The normalized spacial score (nSPS) is 16.4. The first kappa shape index (κ1) is 22.5. The van der Waals surface area contributed by atoms with E-state index in [1.165, 1.54) is 4.31 Å². The van der Waals surface area contributed by atoms with E-state index in [4.69, 9.17) is 0 Å². The molecule has 0 saturated carbocycles. The summed E-state index contributed by atoms with van der Waals surface area (Å²) in [7, 11) is -3.52. The van der Waals surface area contributed by atoms with Gasteiger partial charge in [0.05, 0.1) is 11.4 Å². The number of amides is 1. The lowest BCUT2D eigenvalue weighted by molar-refractivity contribution is -0.117. The maximum atomic E-state index is 13.0. The van der Waals surface area contributed by atoms with Crippen LogP contribution in [0.5, 0.6) is 0 Å². The summed E-state index contributed by atoms with van der Waals surface area (Å²) in [6.07, 6.45) is 0. The molecule has 30 heavy (non-hydrogen) atoms. The van der Waals surface area contributed by atoms with Crippen molar-refractivity contribution in [2.75, 3.05) is 38.0 Å². The zero-order valence-electron chi connectivity index (χ0n) is 18.2. The number of carbonyl (C=O) groups excluding carboxylic acids is 1. The van der Waals surface area contributed by atoms with Gasteiger partial charge in [0.1, 0.15) is 0 Å². The number of anilines is 1. The predicted molar refractivity (Wildman–Crippen MR) is 120 cm³/mol. The minimum Gasteiger partial charge on any atom is -0.325 e. The lowest BCUT2D eigenvalue weighted by atomic mass is 9.87. The van der Waals surface area contributed by atoms with Crippen LogP contribution in [0.1, 0.15) is 31.9 Å². The van der Waals surface area contributed by atoms with Gasteiger partial charge >= 0.3 is 0 Å². The molecule has 0 bridgehead atoms. The Labute approximate surface area is 179 Å². The van der Waals surface area contributed by atoms with Gasteiger partial charge in [0, 0.05) is 31.9 Å². The third kappa shape index (κ3) is 5.47. The van der Waals surface area contributed by atoms with E-state index in [-0.39, 0.29) is 17.9 Å². The number of benzene rings is 2. The molecular weight excluding hydrogens is 398 g/mol. The number of aryl methyl sites for hydroxylation is 1. The van der Waals surface area contributed by atoms with Gasteiger partial charge in [-0.3, -0.25) is 9.69 Å². The fourth-order valence-corrected chi connectivity index (χ4v) is 4.87. The van der Waals surface area contributed by atoms with Crippen molar-refractivity contribution in [3.8, 4) is 0 Å². The number of nitrogens with one attached hydrogen (secondary N) is 1. The topological polar surface area (TPSA) is 69.7 Å². The zero-order chi connectivity index (χ0) is 21.9. The van der Waals surface area contributed by atoms with E-state index < -0.39 is 10.0 Å². The van der Waals surface area contributed by atoms with Crippen LogP contribution in [0.15, 0.2) is 53.4 Å². The van der Waals surface area contributed by atoms with Gasteiger partial charge in [-0.05, 0) is 42.2 Å². The molecule has 3 rings (SSSR count). The van der Waals surface area contributed by atoms with Gasteiger partial charge in [-0.15, -0.1) is 0 Å². The van der Waals surface area contributed by atoms with Gasteiger partial charge < -0.3 is 5.32 Å². The molecule has 1 amide bonds. The first-order valence-corrected chi connectivity index (χ1v) is 11.7. The third-order valence-corrected chi connectivity index (χ3v) is 7.30. The predicted octanol–water partition coefficient (Wildman–Crippen LogP) is 3.24. The van der Waals surface area contributed by atoms with Crippen LogP contribution in [0, 0.1) is 6.92 Å². The summed E-state index contributed by atoms with van der Waals surface area (Å²) in [5.41, 5.74) is 2.99. The summed E-state index contributed by atoms with van der Waals surface area (Å²) in [4.78, 5) is 14.6. The van der Waals surface area contributed by atoms with Crippen molar-refractivity contribution in [1.82, 2.24) is 9.21 Å². The quantitative estimate of drug-likeness (QED) is 0.792. The van der Waals surface area contributed by atoms with Gasteiger partial charge in [0.25, 0.3) is 0 Å². The maximum Gasteiger partial charge on any atom is 0.243 e. The van der Waals surface area contributed by atoms with Gasteiger partial charge in [-0.2, -0.15) is 4.31 Å². The molecule has 162 valence electrons. The first-order chi connectivity index (χ1) is 14.1. The van der Waals surface area contributed by atoms with Crippen molar-refractivity contribution >= 4 is 21.6 Å². The van der Waals surface area contributed by atoms with Crippen LogP contribution in [0.25, 0.3) is 0 Å². The van der Waals surface area contributed by atoms with Gasteiger partial charge in [0.15, 0.2) is 0 Å². The molecule has 1 N–H and O–H groups in total. The van der Waals surface area contributed by atoms with Crippen LogP contribution in [-0.2, 0) is 20.2 Å². The number of rotatable bonds is 5.